The highest BCUT2D eigenvalue weighted by atomic mass is 16.6. The Morgan fingerprint density at radius 1 is 1.33 bits per heavy atom. The molecule has 7 heteroatoms. The van der Waals surface area contributed by atoms with Crippen molar-refractivity contribution < 1.29 is 19.0 Å². The van der Waals surface area contributed by atoms with E-state index in [2.05, 4.69) is 9.80 Å². The Bertz CT molecular complexity index is 766. The first kappa shape index (κ1) is 19.7. The van der Waals surface area contributed by atoms with Crippen LogP contribution in [0.15, 0.2) is 24.4 Å². The minimum absolute atomic E-state index is 0.348. The lowest BCUT2D eigenvalue weighted by Crippen LogP contribution is -2.36. The highest BCUT2D eigenvalue weighted by Gasteiger charge is 2.17. The first-order valence-corrected chi connectivity index (χ1v) is 9.38. The van der Waals surface area contributed by atoms with E-state index in [1.165, 1.54) is 0 Å². The second-order valence-corrected chi connectivity index (χ2v) is 7.08. The second-order valence-electron chi connectivity index (χ2n) is 7.08. The number of ether oxygens (including phenoxy) is 3. The van der Waals surface area contributed by atoms with Crippen LogP contribution < -0.4 is 4.74 Å². The van der Waals surface area contributed by atoms with Crippen molar-refractivity contribution >= 4 is 17.0 Å². The molecule has 0 unspecified atom stereocenters. The summed E-state index contributed by atoms with van der Waals surface area (Å²) in [5.41, 5.74) is 1.95. The number of aromatic nitrogens is 1. The van der Waals surface area contributed by atoms with E-state index in [0.29, 0.717) is 19.9 Å². The first-order chi connectivity index (χ1) is 13.1. The van der Waals surface area contributed by atoms with Gasteiger partial charge in [-0.3, -0.25) is 9.47 Å². The lowest BCUT2D eigenvalue weighted by Gasteiger charge is -2.26. The third kappa shape index (κ3) is 5.00. The largest absolute Gasteiger partial charge is 0.497 e. The molecule has 1 aliphatic rings. The van der Waals surface area contributed by atoms with E-state index in [0.717, 1.165) is 54.8 Å². The van der Waals surface area contributed by atoms with Gasteiger partial charge in [0.25, 0.3) is 0 Å². The number of carbonyl (C=O) groups excluding carboxylic acids is 1. The summed E-state index contributed by atoms with van der Waals surface area (Å²) in [6.07, 6.45) is 3.41. The molecule has 2 heterocycles. The Morgan fingerprint density at radius 3 is 2.89 bits per heavy atom. The monoisotopic (exact) mass is 375 g/mol. The number of nitrogens with zero attached hydrogens (tertiary/aromatic N) is 3. The molecule has 0 atom stereocenters. The normalized spacial score (nSPS) is 15.4. The van der Waals surface area contributed by atoms with Gasteiger partial charge in [0, 0.05) is 37.8 Å². The molecule has 1 saturated heterocycles. The number of hydrogen-bond acceptors (Lipinski definition) is 6. The SMILES string of the molecule is COc1ccc2c(c1)c(CCN(C)C)cn2C(=O)OCCN1CCCOC1. The summed E-state index contributed by atoms with van der Waals surface area (Å²) in [6, 6.07) is 5.76. The molecule has 0 bridgehead atoms. The molecule has 0 amide bonds. The molecule has 2 aromatic rings. The molecular weight excluding hydrogens is 346 g/mol. The molecule has 148 valence electrons. The molecule has 3 rings (SSSR count). The maximum Gasteiger partial charge on any atom is 0.418 e. The standard InChI is InChI=1S/C20H29N3O4/c1-21(2)9-7-16-14-23(19-6-5-17(25-3)13-18(16)19)20(24)27-12-10-22-8-4-11-26-15-22/h5-6,13-14H,4,7-12,15H2,1-3H3. The quantitative estimate of drug-likeness (QED) is 0.741. The minimum Gasteiger partial charge on any atom is -0.497 e. The van der Waals surface area contributed by atoms with Crippen molar-refractivity contribution in [2.75, 3.05) is 60.8 Å². The molecule has 1 fully saturated rings. The maximum absolute atomic E-state index is 12.7. The van der Waals surface area contributed by atoms with Gasteiger partial charge in [-0.1, -0.05) is 0 Å². The fraction of sp³-hybridized carbons (Fsp3) is 0.550. The summed E-state index contributed by atoms with van der Waals surface area (Å²) in [5, 5.41) is 1.03. The van der Waals surface area contributed by atoms with Crippen molar-refractivity contribution in [1.29, 1.82) is 0 Å². The van der Waals surface area contributed by atoms with Gasteiger partial charge in [-0.25, -0.2) is 4.79 Å². The van der Waals surface area contributed by atoms with Crippen LogP contribution in [0.4, 0.5) is 4.79 Å². The number of carbonyl (C=O) groups is 1. The van der Waals surface area contributed by atoms with E-state index >= 15 is 0 Å². The third-order valence-corrected chi connectivity index (χ3v) is 4.79. The molecular formula is C20H29N3O4. The van der Waals surface area contributed by atoms with Crippen molar-refractivity contribution in [1.82, 2.24) is 14.4 Å². The highest BCUT2D eigenvalue weighted by molar-refractivity contribution is 5.92. The minimum atomic E-state index is -0.348. The molecule has 1 aromatic heterocycles. The maximum atomic E-state index is 12.7. The van der Waals surface area contributed by atoms with Crippen molar-refractivity contribution in [2.24, 2.45) is 0 Å². The van der Waals surface area contributed by atoms with E-state index < -0.39 is 0 Å². The van der Waals surface area contributed by atoms with Crippen LogP contribution in [0.2, 0.25) is 0 Å². The fourth-order valence-corrected chi connectivity index (χ4v) is 3.26. The number of fused-ring (bicyclic) bond motifs is 1. The van der Waals surface area contributed by atoms with E-state index in [1.807, 2.05) is 38.5 Å². The van der Waals surface area contributed by atoms with E-state index in [1.54, 1.807) is 11.7 Å². The van der Waals surface area contributed by atoms with Gasteiger partial charge in [-0.15, -0.1) is 0 Å². The Balaban J connectivity index is 1.72. The van der Waals surface area contributed by atoms with Gasteiger partial charge in [0.1, 0.15) is 12.4 Å². The highest BCUT2D eigenvalue weighted by Crippen LogP contribution is 2.27. The van der Waals surface area contributed by atoms with Crippen LogP contribution in [0.3, 0.4) is 0 Å². The Labute approximate surface area is 160 Å². The second kappa shape index (κ2) is 9.21. The third-order valence-electron chi connectivity index (χ3n) is 4.79. The van der Waals surface area contributed by atoms with Crippen LogP contribution >= 0.6 is 0 Å². The average Bonchev–Trinajstić information content (AvgIpc) is 3.05. The van der Waals surface area contributed by atoms with Gasteiger partial charge in [0.05, 0.1) is 19.4 Å². The average molecular weight is 375 g/mol. The number of likely N-dealkylation sites (N-methyl/N-ethyl adjacent to an activating group) is 1. The van der Waals surface area contributed by atoms with Gasteiger partial charge in [-0.05, 0) is 50.7 Å². The van der Waals surface area contributed by atoms with Gasteiger partial charge in [-0.2, -0.15) is 0 Å². The molecule has 0 saturated carbocycles. The Hall–Kier alpha value is -2.09. The van der Waals surface area contributed by atoms with Gasteiger partial charge in [0.2, 0.25) is 0 Å². The Kier molecular flexibility index (Phi) is 6.71. The topological polar surface area (TPSA) is 56.2 Å². The van der Waals surface area contributed by atoms with Crippen molar-refractivity contribution in [3.8, 4) is 5.75 Å². The van der Waals surface area contributed by atoms with Gasteiger partial charge < -0.3 is 19.1 Å². The van der Waals surface area contributed by atoms with Crippen LogP contribution in [0, 0.1) is 0 Å². The van der Waals surface area contributed by atoms with Crippen LogP contribution in [0.1, 0.15) is 12.0 Å². The summed E-state index contributed by atoms with van der Waals surface area (Å²) in [4.78, 5) is 16.9. The number of hydrogen-bond donors (Lipinski definition) is 0. The predicted octanol–water partition coefficient (Wildman–Crippen LogP) is 2.42. The number of benzene rings is 1. The molecule has 0 aliphatic carbocycles. The van der Waals surface area contributed by atoms with E-state index in [-0.39, 0.29) is 6.09 Å². The zero-order valence-electron chi connectivity index (χ0n) is 16.4. The molecule has 0 spiro atoms. The lowest BCUT2D eigenvalue weighted by atomic mass is 10.1. The Morgan fingerprint density at radius 2 is 2.19 bits per heavy atom. The van der Waals surface area contributed by atoms with Crippen LogP contribution in [-0.2, 0) is 15.9 Å². The predicted molar refractivity (Wildman–Crippen MR) is 105 cm³/mol. The summed E-state index contributed by atoms with van der Waals surface area (Å²) in [6.45, 7) is 4.35. The zero-order chi connectivity index (χ0) is 19.2. The summed E-state index contributed by atoms with van der Waals surface area (Å²) < 4.78 is 17.9. The number of rotatable bonds is 7. The summed E-state index contributed by atoms with van der Waals surface area (Å²) >= 11 is 0. The summed E-state index contributed by atoms with van der Waals surface area (Å²) in [7, 11) is 5.73. The smallest absolute Gasteiger partial charge is 0.418 e. The van der Waals surface area contributed by atoms with Crippen molar-refractivity contribution in [3.63, 3.8) is 0 Å². The van der Waals surface area contributed by atoms with E-state index in [4.69, 9.17) is 14.2 Å². The molecule has 27 heavy (non-hydrogen) atoms. The first-order valence-electron chi connectivity index (χ1n) is 9.38. The molecule has 1 aromatic carbocycles. The van der Waals surface area contributed by atoms with Gasteiger partial charge in [0.15, 0.2) is 0 Å². The van der Waals surface area contributed by atoms with Crippen molar-refractivity contribution in [3.05, 3.63) is 30.0 Å². The van der Waals surface area contributed by atoms with Crippen molar-refractivity contribution in [2.45, 2.75) is 12.8 Å². The molecule has 0 N–H and O–H groups in total. The zero-order valence-corrected chi connectivity index (χ0v) is 16.4. The number of methoxy groups -OCH3 is 1. The van der Waals surface area contributed by atoms with Gasteiger partial charge >= 0.3 is 6.09 Å². The summed E-state index contributed by atoms with van der Waals surface area (Å²) in [5.74, 6) is 0.782. The van der Waals surface area contributed by atoms with E-state index in [9.17, 15) is 4.79 Å². The molecule has 7 nitrogen and oxygen atoms in total. The van der Waals surface area contributed by atoms with Crippen LogP contribution in [-0.4, -0.2) is 81.2 Å². The lowest BCUT2D eigenvalue weighted by molar-refractivity contribution is -0.0207. The van der Waals surface area contributed by atoms with Crippen LogP contribution in [0.5, 0.6) is 5.75 Å². The molecule has 0 radical (unpaired) electrons. The van der Waals surface area contributed by atoms with Crippen LogP contribution in [0.25, 0.3) is 10.9 Å². The molecule has 1 aliphatic heterocycles. The fourth-order valence-electron chi connectivity index (χ4n) is 3.26.